The maximum absolute atomic E-state index is 10.9. The second-order valence-electron chi connectivity index (χ2n) is 2.92. The van der Waals surface area contributed by atoms with Crippen LogP contribution in [0.5, 0.6) is 0 Å². The summed E-state index contributed by atoms with van der Waals surface area (Å²) >= 11 is 0. The standard InChI is InChI=1S/C9H17NO2/c1-4-12-9(11)6-7(2)5-8(3)10/h6,8H,4-5,10H2,1-3H3/b7-6+. The monoisotopic (exact) mass is 171 g/mol. The van der Waals surface area contributed by atoms with Crippen molar-refractivity contribution in [2.45, 2.75) is 33.2 Å². The van der Waals surface area contributed by atoms with Gasteiger partial charge in [-0.15, -0.1) is 0 Å². The minimum Gasteiger partial charge on any atom is -0.463 e. The van der Waals surface area contributed by atoms with E-state index in [-0.39, 0.29) is 12.0 Å². The van der Waals surface area contributed by atoms with Crippen LogP contribution in [0.2, 0.25) is 0 Å². The van der Waals surface area contributed by atoms with Gasteiger partial charge in [-0.05, 0) is 27.2 Å². The van der Waals surface area contributed by atoms with Crippen molar-refractivity contribution in [3.63, 3.8) is 0 Å². The number of carbonyl (C=O) groups excluding carboxylic acids is 1. The van der Waals surface area contributed by atoms with Gasteiger partial charge in [0.05, 0.1) is 6.61 Å². The summed E-state index contributed by atoms with van der Waals surface area (Å²) in [6, 6.07) is 0.0932. The number of hydrogen-bond donors (Lipinski definition) is 1. The Balaban J connectivity index is 3.89. The van der Waals surface area contributed by atoms with Gasteiger partial charge in [-0.1, -0.05) is 5.57 Å². The predicted octanol–water partition coefficient (Wildman–Crippen LogP) is 1.23. The van der Waals surface area contributed by atoms with E-state index in [4.69, 9.17) is 10.5 Å². The fourth-order valence-corrected chi connectivity index (χ4v) is 0.952. The molecule has 0 aliphatic rings. The SMILES string of the molecule is CCOC(=O)/C=C(\C)CC(C)N. The molecule has 0 rings (SSSR count). The van der Waals surface area contributed by atoms with Crippen molar-refractivity contribution in [1.29, 1.82) is 0 Å². The maximum Gasteiger partial charge on any atom is 0.330 e. The molecule has 0 amide bonds. The summed E-state index contributed by atoms with van der Waals surface area (Å²) < 4.78 is 4.74. The van der Waals surface area contributed by atoms with Crippen molar-refractivity contribution in [1.82, 2.24) is 0 Å². The molecule has 0 aromatic rings. The van der Waals surface area contributed by atoms with Crippen LogP contribution in [0.3, 0.4) is 0 Å². The van der Waals surface area contributed by atoms with Crippen molar-refractivity contribution in [2.75, 3.05) is 6.61 Å². The third-order valence-corrected chi connectivity index (χ3v) is 1.29. The third-order valence-electron chi connectivity index (χ3n) is 1.29. The van der Waals surface area contributed by atoms with Crippen LogP contribution < -0.4 is 5.73 Å². The Hall–Kier alpha value is -0.830. The van der Waals surface area contributed by atoms with E-state index in [1.165, 1.54) is 6.08 Å². The number of esters is 1. The summed E-state index contributed by atoms with van der Waals surface area (Å²) in [5.41, 5.74) is 6.51. The first-order valence-corrected chi connectivity index (χ1v) is 4.15. The number of hydrogen-bond acceptors (Lipinski definition) is 3. The zero-order valence-corrected chi connectivity index (χ0v) is 7.96. The molecule has 0 radical (unpaired) electrons. The average Bonchev–Trinajstić information content (AvgIpc) is 1.84. The lowest BCUT2D eigenvalue weighted by atomic mass is 10.1. The summed E-state index contributed by atoms with van der Waals surface area (Å²) in [6.07, 6.45) is 2.23. The van der Waals surface area contributed by atoms with E-state index < -0.39 is 0 Å². The Labute approximate surface area is 73.6 Å². The number of carbonyl (C=O) groups is 1. The highest BCUT2D eigenvalue weighted by atomic mass is 16.5. The van der Waals surface area contributed by atoms with Gasteiger partial charge >= 0.3 is 5.97 Å². The molecule has 0 bridgehead atoms. The van der Waals surface area contributed by atoms with Crippen LogP contribution in [0.25, 0.3) is 0 Å². The van der Waals surface area contributed by atoms with E-state index in [0.29, 0.717) is 6.61 Å². The minimum atomic E-state index is -0.282. The van der Waals surface area contributed by atoms with E-state index in [9.17, 15) is 4.79 Å². The minimum absolute atomic E-state index is 0.0932. The summed E-state index contributed by atoms with van der Waals surface area (Å²) in [5, 5.41) is 0. The fourth-order valence-electron chi connectivity index (χ4n) is 0.952. The molecule has 0 spiro atoms. The van der Waals surface area contributed by atoms with Crippen molar-refractivity contribution < 1.29 is 9.53 Å². The van der Waals surface area contributed by atoms with Gasteiger partial charge in [0.25, 0.3) is 0 Å². The van der Waals surface area contributed by atoms with Crippen LogP contribution in [-0.4, -0.2) is 18.6 Å². The first-order valence-electron chi connectivity index (χ1n) is 4.15. The molecular formula is C9H17NO2. The quantitative estimate of drug-likeness (QED) is 0.511. The molecule has 0 aliphatic heterocycles. The van der Waals surface area contributed by atoms with Crippen LogP contribution in [0.15, 0.2) is 11.6 Å². The van der Waals surface area contributed by atoms with Crippen LogP contribution in [0.1, 0.15) is 27.2 Å². The third kappa shape index (κ3) is 5.92. The smallest absolute Gasteiger partial charge is 0.330 e. The topological polar surface area (TPSA) is 52.3 Å². The van der Waals surface area contributed by atoms with Crippen LogP contribution >= 0.6 is 0 Å². The molecule has 12 heavy (non-hydrogen) atoms. The van der Waals surface area contributed by atoms with E-state index in [0.717, 1.165) is 12.0 Å². The molecule has 0 saturated carbocycles. The highest BCUT2D eigenvalue weighted by molar-refractivity contribution is 5.82. The van der Waals surface area contributed by atoms with E-state index >= 15 is 0 Å². The van der Waals surface area contributed by atoms with E-state index in [2.05, 4.69) is 0 Å². The Kier molecular flexibility index (Phi) is 5.37. The summed E-state index contributed by atoms with van der Waals surface area (Å²) in [4.78, 5) is 10.9. The number of nitrogens with two attached hydrogens (primary N) is 1. The fraction of sp³-hybridized carbons (Fsp3) is 0.667. The Morgan fingerprint density at radius 2 is 2.25 bits per heavy atom. The number of rotatable bonds is 4. The lowest BCUT2D eigenvalue weighted by molar-refractivity contribution is -0.137. The molecule has 3 nitrogen and oxygen atoms in total. The lowest BCUT2D eigenvalue weighted by Gasteiger charge is -2.04. The van der Waals surface area contributed by atoms with Gasteiger partial charge in [-0.3, -0.25) is 0 Å². The van der Waals surface area contributed by atoms with Gasteiger partial charge in [0.15, 0.2) is 0 Å². The highest BCUT2D eigenvalue weighted by Gasteiger charge is 2.00. The van der Waals surface area contributed by atoms with Crippen molar-refractivity contribution in [2.24, 2.45) is 5.73 Å². The molecule has 0 fully saturated rings. The largest absolute Gasteiger partial charge is 0.463 e. The normalized spacial score (nSPS) is 14.2. The van der Waals surface area contributed by atoms with E-state index in [1.54, 1.807) is 6.92 Å². The second kappa shape index (κ2) is 5.77. The van der Waals surface area contributed by atoms with Crippen molar-refractivity contribution >= 4 is 5.97 Å². The zero-order chi connectivity index (χ0) is 9.56. The molecule has 0 aliphatic carbocycles. The Bertz CT molecular complexity index is 173. The Morgan fingerprint density at radius 3 is 2.67 bits per heavy atom. The van der Waals surface area contributed by atoms with Gasteiger partial charge in [0, 0.05) is 12.1 Å². The van der Waals surface area contributed by atoms with Gasteiger partial charge in [-0.25, -0.2) is 4.79 Å². The van der Waals surface area contributed by atoms with Gasteiger partial charge in [-0.2, -0.15) is 0 Å². The molecular weight excluding hydrogens is 154 g/mol. The first-order chi connectivity index (χ1) is 5.56. The van der Waals surface area contributed by atoms with Crippen LogP contribution in [-0.2, 0) is 9.53 Å². The van der Waals surface area contributed by atoms with Gasteiger partial charge < -0.3 is 10.5 Å². The molecule has 2 N–H and O–H groups in total. The summed E-state index contributed by atoms with van der Waals surface area (Å²) in [6.45, 7) is 5.98. The first kappa shape index (κ1) is 11.2. The van der Waals surface area contributed by atoms with Crippen LogP contribution in [0, 0.1) is 0 Å². The Morgan fingerprint density at radius 1 is 1.67 bits per heavy atom. The second-order valence-corrected chi connectivity index (χ2v) is 2.92. The molecule has 0 saturated heterocycles. The van der Waals surface area contributed by atoms with Crippen LogP contribution in [0.4, 0.5) is 0 Å². The highest BCUT2D eigenvalue weighted by Crippen LogP contribution is 2.02. The summed E-state index contributed by atoms with van der Waals surface area (Å²) in [7, 11) is 0. The van der Waals surface area contributed by atoms with Crippen molar-refractivity contribution in [3.8, 4) is 0 Å². The molecule has 0 aromatic carbocycles. The molecule has 1 atom stereocenters. The van der Waals surface area contributed by atoms with Gasteiger partial charge in [0.1, 0.15) is 0 Å². The number of ether oxygens (including phenoxy) is 1. The molecule has 1 unspecified atom stereocenters. The van der Waals surface area contributed by atoms with E-state index in [1.807, 2.05) is 13.8 Å². The molecule has 0 aromatic heterocycles. The summed E-state index contributed by atoms with van der Waals surface area (Å²) in [5.74, 6) is -0.282. The van der Waals surface area contributed by atoms with Crippen molar-refractivity contribution in [3.05, 3.63) is 11.6 Å². The molecule has 0 heterocycles. The predicted molar refractivity (Wildman–Crippen MR) is 48.7 cm³/mol. The maximum atomic E-state index is 10.9. The molecule has 70 valence electrons. The van der Waals surface area contributed by atoms with Gasteiger partial charge in [0.2, 0.25) is 0 Å². The average molecular weight is 171 g/mol. The zero-order valence-electron chi connectivity index (χ0n) is 7.96. The lowest BCUT2D eigenvalue weighted by Crippen LogP contribution is -2.15. The molecule has 3 heteroatoms.